The highest BCUT2D eigenvalue weighted by atomic mass is 16.2. The Morgan fingerprint density at radius 3 is 2.18 bits per heavy atom. The van der Waals surface area contributed by atoms with E-state index in [-0.39, 0.29) is 12.3 Å². The van der Waals surface area contributed by atoms with Crippen LogP contribution in [0.3, 0.4) is 0 Å². The van der Waals surface area contributed by atoms with E-state index < -0.39 is 11.3 Å². The first-order chi connectivity index (χ1) is 5.07. The smallest absolute Gasteiger partial charge is 0.223 e. The van der Waals surface area contributed by atoms with Crippen LogP contribution in [-0.2, 0) is 9.59 Å². The summed E-state index contributed by atoms with van der Waals surface area (Å²) in [5.41, 5.74) is 9.50. The summed E-state index contributed by atoms with van der Waals surface area (Å²) >= 11 is 0. The highest BCUT2D eigenvalue weighted by Gasteiger charge is 2.48. The fraction of sp³-hybridized carbons (Fsp3) is 0.571. The highest BCUT2D eigenvalue weighted by molar-refractivity contribution is 5.86. The van der Waals surface area contributed by atoms with E-state index in [0.29, 0.717) is 0 Å². The van der Waals surface area contributed by atoms with E-state index in [2.05, 4.69) is 0 Å². The van der Waals surface area contributed by atoms with Gasteiger partial charge in [-0.15, -0.1) is 0 Å². The lowest BCUT2D eigenvalue weighted by Gasteiger charge is -2.06. The third-order valence-electron chi connectivity index (χ3n) is 1.97. The zero-order chi connectivity index (χ0) is 8.48. The lowest BCUT2D eigenvalue weighted by molar-refractivity contribution is -0.122. The first-order valence-corrected chi connectivity index (χ1v) is 3.49. The van der Waals surface area contributed by atoms with Crippen molar-refractivity contribution < 1.29 is 9.59 Å². The molecular formula is C7H11N2O2. The Balaban J connectivity index is 2.36. The molecule has 0 aromatic carbocycles. The molecule has 11 heavy (non-hydrogen) atoms. The Morgan fingerprint density at radius 2 is 1.91 bits per heavy atom. The predicted octanol–water partition coefficient (Wildman–Crippen LogP) is -0.668. The minimum Gasteiger partial charge on any atom is -0.370 e. The maximum Gasteiger partial charge on any atom is 0.223 e. The number of rotatable bonds is 4. The molecule has 0 atom stereocenters. The molecule has 0 saturated heterocycles. The van der Waals surface area contributed by atoms with Crippen molar-refractivity contribution in [1.82, 2.24) is 0 Å². The minimum absolute atomic E-state index is 0.142. The maximum absolute atomic E-state index is 10.7. The molecule has 0 spiro atoms. The molecular weight excluding hydrogens is 144 g/mol. The zero-order valence-electron chi connectivity index (χ0n) is 6.17. The third-order valence-corrected chi connectivity index (χ3v) is 1.97. The summed E-state index contributed by atoms with van der Waals surface area (Å²) in [6.07, 6.45) is 3.28. The third kappa shape index (κ3) is 1.69. The van der Waals surface area contributed by atoms with Gasteiger partial charge < -0.3 is 11.5 Å². The molecule has 4 nitrogen and oxygen atoms in total. The molecule has 0 unspecified atom stereocenters. The van der Waals surface area contributed by atoms with E-state index in [9.17, 15) is 9.59 Å². The van der Waals surface area contributed by atoms with Crippen LogP contribution in [0.2, 0.25) is 0 Å². The van der Waals surface area contributed by atoms with Crippen molar-refractivity contribution in [2.75, 3.05) is 0 Å². The topological polar surface area (TPSA) is 86.2 Å². The number of carbonyl (C=O) groups is 2. The van der Waals surface area contributed by atoms with Gasteiger partial charge in [0.05, 0.1) is 5.41 Å². The van der Waals surface area contributed by atoms with Crippen molar-refractivity contribution in [3.05, 3.63) is 6.42 Å². The van der Waals surface area contributed by atoms with E-state index in [1.165, 1.54) is 0 Å². The average molecular weight is 155 g/mol. The Labute approximate surface area is 64.9 Å². The molecule has 1 rings (SSSR count). The summed E-state index contributed by atoms with van der Waals surface area (Å²) in [5, 5.41) is 0. The Kier molecular flexibility index (Phi) is 1.85. The van der Waals surface area contributed by atoms with Crippen LogP contribution in [0, 0.1) is 11.8 Å². The molecule has 1 fully saturated rings. The Bertz CT molecular complexity index is 197. The van der Waals surface area contributed by atoms with Crippen LogP contribution in [-0.4, -0.2) is 11.8 Å². The van der Waals surface area contributed by atoms with Crippen molar-refractivity contribution in [2.45, 2.75) is 19.3 Å². The molecule has 0 aromatic heterocycles. The van der Waals surface area contributed by atoms with Gasteiger partial charge in [0, 0.05) is 6.42 Å². The first-order valence-electron chi connectivity index (χ1n) is 3.49. The number of amides is 2. The van der Waals surface area contributed by atoms with Gasteiger partial charge in [-0.2, -0.15) is 0 Å². The van der Waals surface area contributed by atoms with E-state index >= 15 is 0 Å². The zero-order valence-corrected chi connectivity index (χ0v) is 6.17. The number of carbonyl (C=O) groups excluding carboxylic acids is 2. The molecule has 0 aromatic rings. The molecule has 0 heterocycles. The summed E-state index contributed by atoms with van der Waals surface area (Å²) in [7, 11) is 0. The fourth-order valence-electron chi connectivity index (χ4n) is 0.982. The summed E-state index contributed by atoms with van der Waals surface area (Å²) in [6.45, 7) is 0. The Hall–Kier alpha value is -1.06. The molecule has 1 radical (unpaired) electrons. The van der Waals surface area contributed by atoms with Crippen LogP contribution in [0.4, 0.5) is 0 Å². The number of hydrogen-bond donors (Lipinski definition) is 2. The van der Waals surface area contributed by atoms with Gasteiger partial charge in [-0.3, -0.25) is 9.59 Å². The van der Waals surface area contributed by atoms with Crippen LogP contribution in [0.25, 0.3) is 0 Å². The summed E-state index contributed by atoms with van der Waals surface area (Å²) < 4.78 is 0. The molecule has 61 valence electrons. The van der Waals surface area contributed by atoms with Crippen LogP contribution >= 0.6 is 0 Å². The van der Waals surface area contributed by atoms with E-state index in [4.69, 9.17) is 11.5 Å². The van der Waals surface area contributed by atoms with Crippen molar-refractivity contribution in [3.63, 3.8) is 0 Å². The summed E-state index contributed by atoms with van der Waals surface area (Å²) in [4.78, 5) is 21.1. The molecule has 0 bridgehead atoms. The van der Waals surface area contributed by atoms with Crippen LogP contribution in [0.15, 0.2) is 0 Å². The SMILES string of the molecule is NC(=O)C[CH]C1(C(N)=O)CC1. The average Bonchev–Trinajstić information content (AvgIpc) is 2.63. The maximum atomic E-state index is 10.7. The Morgan fingerprint density at radius 1 is 1.36 bits per heavy atom. The van der Waals surface area contributed by atoms with Gasteiger partial charge in [-0.1, -0.05) is 0 Å². The summed E-state index contributed by atoms with van der Waals surface area (Å²) in [6, 6.07) is 0. The summed E-state index contributed by atoms with van der Waals surface area (Å²) in [5.74, 6) is -0.767. The molecule has 1 aliphatic carbocycles. The first kappa shape index (κ1) is 8.04. The normalized spacial score (nSPS) is 19.3. The molecule has 4 N–H and O–H groups in total. The number of hydrogen-bond acceptors (Lipinski definition) is 2. The van der Waals surface area contributed by atoms with Gasteiger partial charge in [0.1, 0.15) is 0 Å². The van der Waals surface area contributed by atoms with Crippen LogP contribution in [0.5, 0.6) is 0 Å². The van der Waals surface area contributed by atoms with Gasteiger partial charge in [-0.05, 0) is 19.3 Å². The molecule has 0 aliphatic heterocycles. The largest absolute Gasteiger partial charge is 0.370 e. The fourth-order valence-corrected chi connectivity index (χ4v) is 0.982. The van der Waals surface area contributed by atoms with Crippen LogP contribution in [0.1, 0.15) is 19.3 Å². The molecule has 4 heteroatoms. The lowest BCUT2D eigenvalue weighted by Crippen LogP contribution is -2.26. The minimum atomic E-state index is -0.505. The molecule has 2 amide bonds. The van der Waals surface area contributed by atoms with Gasteiger partial charge in [-0.25, -0.2) is 0 Å². The second kappa shape index (κ2) is 2.53. The standard InChI is InChI=1S/C7H11N2O2/c8-5(10)1-2-7(3-4-7)6(9)11/h2H,1,3-4H2,(H2,8,10)(H2,9,11). The van der Waals surface area contributed by atoms with Gasteiger partial charge in [0.15, 0.2) is 0 Å². The molecule has 1 saturated carbocycles. The van der Waals surface area contributed by atoms with Gasteiger partial charge >= 0.3 is 0 Å². The molecule has 1 aliphatic rings. The second-order valence-electron chi connectivity index (χ2n) is 2.89. The second-order valence-corrected chi connectivity index (χ2v) is 2.89. The lowest BCUT2D eigenvalue weighted by atomic mass is 10.00. The van der Waals surface area contributed by atoms with Gasteiger partial charge in [0.25, 0.3) is 0 Å². The van der Waals surface area contributed by atoms with Crippen LogP contribution < -0.4 is 11.5 Å². The van der Waals surface area contributed by atoms with Gasteiger partial charge in [0.2, 0.25) is 11.8 Å². The number of primary amides is 2. The van der Waals surface area contributed by atoms with Crippen molar-refractivity contribution in [1.29, 1.82) is 0 Å². The quantitative estimate of drug-likeness (QED) is 0.564. The van der Waals surface area contributed by atoms with E-state index in [1.807, 2.05) is 0 Å². The van der Waals surface area contributed by atoms with E-state index in [1.54, 1.807) is 6.42 Å². The van der Waals surface area contributed by atoms with Crippen molar-refractivity contribution >= 4 is 11.8 Å². The highest BCUT2D eigenvalue weighted by Crippen LogP contribution is 2.48. The van der Waals surface area contributed by atoms with Crippen molar-refractivity contribution in [3.8, 4) is 0 Å². The number of nitrogens with two attached hydrogens (primary N) is 2. The monoisotopic (exact) mass is 155 g/mol. The van der Waals surface area contributed by atoms with E-state index in [0.717, 1.165) is 12.8 Å². The predicted molar refractivity (Wildman–Crippen MR) is 39.0 cm³/mol. The van der Waals surface area contributed by atoms with Crippen molar-refractivity contribution in [2.24, 2.45) is 16.9 Å².